The fraction of sp³-hybridized carbons (Fsp3) is 0.556. The maximum absolute atomic E-state index is 13.4. The van der Waals surface area contributed by atoms with Crippen LogP contribution in [0.4, 0.5) is 35.1 Å². The molecule has 0 unspecified atom stereocenters. The van der Waals surface area contributed by atoms with Gasteiger partial charge in [-0.3, -0.25) is 5.10 Å². The summed E-state index contributed by atoms with van der Waals surface area (Å²) in [6.07, 6.45) is 0.910. The summed E-state index contributed by atoms with van der Waals surface area (Å²) >= 11 is 0. The molecule has 0 atom stereocenters. The molecule has 21 heavy (non-hydrogen) atoms. The molecule has 0 saturated heterocycles. The van der Waals surface area contributed by atoms with Gasteiger partial charge in [-0.05, 0) is 11.9 Å². The quantitative estimate of drug-likeness (QED) is 0.441. The molecule has 0 aromatic carbocycles. The van der Waals surface area contributed by atoms with Crippen molar-refractivity contribution in [2.75, 3.05) is 0 Å². The minimum Gasteiger partial charge on any atom is -0.252 e. The second-order valence-corrected chi connectivity index (χ2v) is 4.02. The van der Waals surface area contributed by atoms with Crippen molar-refractivity contribution in [2.45, 2.75) is 23.7 Å². The Morgan fingerprint density at radius 2 is 1.52 bits per heavy atom. The van der Waals surface area contributed by atoms with Gasteiger partial charge in [-0.1, -0.05) is 0 Å². The molecule has 0 N–H and O–H groups in total. The average Bonchev–Trinajstić information content (AvgIpc) is 2.70. The first kappa shape index (κ1) is 18.0. The van der Waals surface area contributed by atoms with Crippen LogP contribution < -0.4 is 0 Å². The molecule has 0 bridgehead atoms. The van der Waals surface area contributed by atoms with E-state index in [1.54, 1.807) is 0 Å². The predicted molar refractivity (Wildman–Crippen MR) is 47.4 cm³/mol. The number of hydrogen-bond donors (Lipinski definition) is 0. The van der Waals surface area contributed by atoms with Gasteiger partial charge in [0.05, 0.1) is 0 Å². The molecule has 0 fully saturated rings. The number of nitrogens with zero attached hydrogens (tertiary/aromatic N) is 3. The number of rotatable bonds is 1. The molecule has 3 nitrogen and oxygen atoms in total. The Hall–Kier alpha value is -1.03. The van der Waals surface area contributed by atoms with Crippen molar-refractivity contribution in [3.63, 3.8) is 0 Å². The topological polar surface area (TPSA) is 30.7 Å². The van der Waals surface area contributed by atoms with Crippen LogP contribution in [-0.4, -0.2) is 38.7 Å². The van der Waals surface area contributed by atoms with E-state index < -0.39 is 35.0 Å². The largest absolute Gasteiger partial charge is 0.378 e. The van der Waals surface area contributed by atoms with Gasteiger partial charge < -0.3 is 0 Å². The molecule has 2 rings (SSSR count). The van der Waals surface area contributed by atoms with Gasteiger partial charge in [0.25, 0.3) is 5.92 Å². The number of alkyl halides is 8. The van der Waals surface area contributed by atoms with Crippen molar-refractivity contribution >= 4 is 5.57 Å². The van der Waals surface area contributed by atoms with Gasteiger partial charge in [0.2, 0.25) is 0 Å². The standard InChI is InChI=1S/C9H4F8N3.Ir/c1-20-18-3-5(19-20)4-2-6(10,11)8(14,15)9(16,17)7(4,12)13;/h3H,1H3;/q-1;. The van der Waals surface area contributed by atoms with Gasteiger partial charge in [0.15, 0.2) is 0 Å². The second-order valence-electron chi connectivity index (χ2n) is 4.02. The fourth-order valence-electron chi connectivity index (χ4n) is 1.55. The third kappa shape index (κ3) is 2.19. The Kier molecular flexibility index (Phi) is 4.06. The SMILES string of the molecule is Cn1ncc(C2=[C-]C(F)(F)C(F)(F)C(F)(F)C2(F)F)n1.[Ir]. The number of aromatic nitrogens is 3. The molecule has 121 valence electrons. The zero-order valence-corrected chi connectivity index (χ0v) is 12.2. The van der Waals surface area contributed by atoms with Crippen LogP contribution in [0.15, 0.2) is 6.20 Å². The van der Waals surface area contributed by atoms with E-state index in [0.29, 0.717) is 17.1 Å². The van der Waals surface area contributed by atoms with Crippen molar-refractivity contribution in [1.82, 2.24) is 15.0 Å². The van der Waals surface area contributed by atoms with E-state index in [9.17, 15) is 35.1 Å². The Morgan fingerprint density at radius 3 is 1.95 bits per heavy atom. The van der Waals surface area contributed by atoms with Crippen LogP contribution in [-0.2, 0) is 27.2 Å². The average molecular weight is 498 g/mol. The molecule has 1 aromatic heterocycles. The van der Waals surface area contributed by atoms with E-state index in [1.807, 2.05) is 0 Å². The van der Waals surface area contributed by atoms with Crippen LogP contribution in [0.3, 0.4) is 0 Å². The Labute approximate surface area is 125 Å². The van der Waals surface area contributed by atoms with Crippen LogP contribution in [0, 0.1) is 6.08 Å². The summed E-state index contributed by atoms with van der Waals surface area (Å²) in [5, 5.41) is 6.35. The van der Waals surface area contributed by atoms with Crippen molar-refractivity contribution in [3.05, 3.63) is 18.0 Å². The van der Waals surface area contributed by atoms with E-state index in [1.165, 1.54) is 0 Å². The molecule has 1 aromatic rings. The smallest absolute Gasteiger partial charge is 0.252 e. The minimum absolute atomic E-state index is 0. The monoisotopic (exact) mass is 499 g/mol. The molecule has 0 aliphatic heterocycles. The van der Waals surface area contributed by atoms with Crippen molar-refractivity contribution < 1.29 is 55.2 Å². The molecule has 1 aliphatic carbocycles. The molecule has 0 amide bonds. The maximum atomic E-state index is 13.4. The van der Waals surface area contributed by atoms with E-state index in [-0.39, 0.29) is 20.1 Å². The zero-order valence-electron chi connectivity index (χ0n) is 9.78. The van der Waals surface area contributed by atoms with Crippen LogP contribution in [0.25, 0.3) is 5.57 Å². The Morgan fingerprint density at radius 1 is 1.00 bits per heavy atom. The summed E-state index contributed by atoms with van der Waals surface area (Å²) in [5.74, 6) is -23.7. The Balaban J connectivity index is 0.00000220. The molecular formula is C9H4F8IrN3-. The Bertz CT molecular complexity index is 579. The summed E-state index contributed by atoms with van der Waals surface area (Å²) in [6, 6.07) is 0. The summed E-state index contributed by atoms with van der Waals surface area (Å²) in [5.41, 5.74) is -3.21. The van der Waals surface area contributed by atoms with E-state index in [4.69, 9.17) is 0 Å². The van der Waals surface area contributed by atoms with Gasteiger partial charge >= 0.3 is 17.8 Å². The first-order valence-corrected chi connectivity index (χ1v) is 4.88. The van der Waals surface area contributed by atoms with Crippen LogP contribution in [0.1, 0.15) is 5.69 Å². The predicted octanol–water partition coefficient (Wildman–Crippen LogP) is 2.55. The first-order valence-electron chi connectivity index (χ1n) is 4.88. The van der Waals surface area contributed by atoms with Crippen LogP contribution >= 0.6 is 0 Å². The molecule has 1 heterocycles. The van der Waals surface area contributed by atoms with Gasteiger partial charge in [0, 0.05) is 27.2 Å². The third-order valence-electron chi connectivity index (χ3n) is 2.63. The summed E-state index contributed by atoms with van der Waals surface area (Å²) in [7, 11) is 1.09. The normalized spacial score (nSPS) is 24.9. The van der Waals surface area contributed by atoms with Crippen molar-refractivity contribution in [2.24, 2.45) is 7.05 Å². The number of allylic oxidation sites excluding steroid dienone is 2. The molecule has 0 saturated carbocycles. The van der Waals surface area contributed by atoms with E-state index >= 15 is 0 Å². The summed E-state index contributed by atoms with van der Waals surface area (Å²) in [6.45, 7) is 0. The fourth-order valence-corrected chi connectivity index (χ4v) is 1.55. The summed E-state index contributed by atoms with van der Waals surface area (Å²) < 4.78 is 105. The zero-order chi connectivity index (χ0) is 15.6. The molecular weight excluding hydrogens is 494 g/mol. The minimum atomic E-state index is -6.30. The van der Waals surface area contributed by atoms with Gasteiger partial charge in [-0.15, -0.1) is 5.57 Å². The number of halogens is 8. The van der Waals surface area contributed by atoms with Gasteiger partial charge in [0.1, 0.15) is 0 Å². The van der Waals surface area contributed by atoms with E-state index in [0.717, 1.165) is 7.05 Å². The third-order valence-corrected chi connectivity index (χ3v) is 2.63. The molecule has 12 heteroatoms. The van der Waals surface area contributed by atoms with Gasteiger partial charge in [-0.25, -0.2) is 13.6 Å². The number of hydrogen-bond acceptors (Lipinski definition) is 2. The summed E-state index contributed by atoms with van der Waals surface area (Å²) in [4.78, 5) is 0.614. The first-order chi connectivity index (χ1) is 8.84. The number of aryl methyl sites for hydroxylation is 1. The molecule has 1 aliphatic rings. The van der Waals surface area contributed by atoms with Crippen LogP contribution in [0.5, 0.6) is 0 Å². The molecule has 0 spiro atoms. The second kappa shape index (κ2) is 4.73. The van der Waals surface area contributed by atoms with Crippen molar-refractivity contribution in [1.29, 1.82) is 0 Å². The molecule has 1 radical (unpaired) electrons. The maximum Gasteiger partial charge on any atom is 0.378 e. The van der Waals surface area contributed by atoms with Crippen LogP contribution in [0.2, 0.25) is 0 Å². The van der Waals surface area contributed by atoms with Gasteiger partial charge in [-0.2, -0.15) is 37.5 Å². The van der Waals surface area contributed by atoms with E-state index in [2.05, 4.69) is 10.2 Å². The van der Waals surface area contributed by atoms with Crippen molar-refractivity contribution in [3.8, 4) is 0 Å².